The Hall–Kier alpha value is -0.370. The Balaban J connectivity index is 2.48. The number of nitrogens with zero attached hydrogens (tertiary/aromatic N) is 1. The minimum Gasteiger partial charge on any atom is -0.250 e. The lowest BCUT2D eigenvalue weighted by Gasteiger charge is -1.97. The Kier molecular flexibility index (Phi) is 2.22. The number of hydrogen-bond donors (Lipinski definition) is 0. The van der Waals surface area contributed by atoms with Crippen LogP contribution in [0.3, 0.4) is 0 Å². The monoisotopic (exact) mass is 140 g/mol. The predicted octanol–water partition coefficient (Wildman–Crippen LogP) is 2.30. The largest absolute Gasteiger partial charge is 0.250 e. The minimum absolute atomic E-state index is 1.03. The maximum Gasteiger partial charge on any atom is 0.0794 e. The molecule has 1 rings (SSSR count). The molecule has 1 radical (unpaired) electrons. The van der Waals surface area contributed by atoms with Crippen molar-refractivity contribution in [3.8, 4) is 0 Å². The van der Waals surface area contributed by atoms with Crippen LogP contribution in [-0.4, -0.2) is 4.98 Å². The molecular formula is C7H10NS. The topological polar surface area (TPSA) is 12.9 Å². The molecule has 1 aromatic rings. The van der Waals surface area contributed by atoms with Crippen LogP contribution in [0.4, 0.5) is 0 Å². The average molecular weight is 140 g/mol. The first-order valence-corrected chi connectivity index (χ1v) is 3.89. The molecule has 0 aromatic carbocycles. The molecule has 0 aliphatic heterocycles. The van der Waals surface area contributed by atoms with Crippen molar-refractivity contribution in [2.24, 2.45) is 0 Å². The van der Waals surface area contributed by atoms with Crippen molar-refractivity contribution >= 4 is 11.3 Å². The third-order valence-electron chi connectivity index (χ3n) is 1.02. The molecule has 0 saturated carbocycles. The van der Waals surface area contributed by atoms with Gasteiger partial charge >= 0.3 is 0 Å². The van der Waals surface area contributed by atoms with Crippen molar-refractivity contribution < 1.29 is 0 Å². The van der Waals surface area contributed by atoms with Crippen LogP contribution < -0.4 is 0 Å². The molecule has 9 heavy (non-hydrogen) atoms. The zero-order valence-corrected chi connectivity index (χ0v) is 6.53. The van der Waals surface area contributed by atoms with Crippen LogP contribution in [0.5, 0.6) is 0 Å². The van der Waals surface area contributed by atoms with Crippen molar-refractivity contribution in [2.75, 3.05) is 0 Å². The second-order valence-corrected chi connectivity index (χ2v) is 3.08. The van der Waals surface area contributed by atoms with Gasteiger partial charge in [-0.15, -0.1) is 11.3 Å². The fourth-order valence-corrected chi connectivity index (χ4v) is 1.25. The molecule has 0 fully saturated rings. The lowest BCUT2D eigenvalue weighted by molar-refractivity contribution is 0.927. The molecule has 1 aromatic heterocycles. The second kappa shape index (κ2) is 2.97. The molecular weight excluding hydrogens is 130 g/mol. The SMILES string of the molecule is C[C](C)Cc1cscn1. The van der Waals surface area contributed by atoms with Crippen LogP contribution in [-0.2, 0) is 6.42 Å². The molecule has 0 aliphatic rings. The standard InChI is InChI=1S/C7H10NS/c1-6(2)3-7-4-9-5-8-7/h4-5H,3H2,1-2H3. The van der Waals surface area contributed by atoms with Crippen LogP contribution in [0.25, 0.3) is 0 Å². The van der Waals surface area contributed by atoms with Gasteiger partial charge in [0.05, 0.1) is 11.2 Å². The summed E-state index contributed by atoms with van der Waals surface area (Å²) < 4.78 is 0. The highest BCUT2D eigenvalue weighted by Crippen LogP contribution is 2.08. The third-order valence-corrected chi connectivity index (χ3v) is 1.65. The van der Waals surface area contributed by atoms with E-state index in [0.717, 1.165) is 6.42 Å². The van der Waals surface area contributed by atoms with Gasteiger partial charge in [-0.2, -0.15) is 0 Å². The van der Waals surface area contributed by atoms with Gasteiger partial charge in [0.15, 0.2) is 0 Å². The Morgan fingerprint density at radius 3 is 2.89 bits per heavy atom. The Morgan fingerprint density at radius 2 is 2.44 bits per heavy atom. The number of aromatic nitrogens is 1. The van der Waals surface area contributed by atoms with Crippen LogP contribution in [0.15, 0.2) is 10.9 Å². The van der Waals surface area contributed by atoms with Crippen LogP contribution >= 0.6 is 11.3 Å². The van der Waals surface area contributed by atoms with Crippen molar-refractivity contribution in [1.82, 2.24) is 4.98 Å². The van der Waals surface area contributed by atoms with E-state index < -0.39 is 0 Å². The van der Waals surface area contributed by atoms with Gasteiger partial charge in [-0.3, -0.25) is 0 Å². The summed E-state index contributed by atoms with van der Waals surface area (Å²) in [6, 6.07) is 0. The van der Waals surface area contributed by atoms with Gasteiger partial charge in [-0.1, -0.05) is 13.8 Å². The molecule has 0 aliphatic carbocycles. The molecule has 2 heteroatoms. The van der Waals surface area contributed by atoms with Crippen LogP contribution in [0, 0.1) is 5.92 Å². The van der Waals surface area contributed by atoms with Gasteiger partial charge in [0, 0.05) is 5.38 Å². The zero-order valence-electron chi connectivity index (χ0n) is 5.72. The van der Waals surface area contributed by atoms with E-state index >= 15 is 0 Å². The van der Waals surface area contributed by atoms with Gasteiger partial charge in [-0.25, -0.2) is 4.98 Å². The molecule has 49 valence electrons. The van der Waals surface area contributed by atoms with Crippen LogP contribution in [0.1, 0.15) is 19.5 Å². The normalized spacial score (nSPS) is 10.6. The second-order valence-electron chi connectivity index (χ2n) is 2.36. The van der Waals surface area contributed by atoms with Gasteiger partial charge in [-0.05, 0) is 12.3 Å². The Morgan fingerprint density at radius 1 is 1.67 bits per heavy atom. The first kappa shape index (κ1) is 6.75. The molecule has 0 atom stereocenters. The van der Waals surface area contributed by atoms with E-state index in [2.05, 4.69) is 24.2 Å². The fourth-order valence-electron chi connectivity index (χ4n) is 0.687. The molecule has 1 heterocycles. The smallest absolute Gasteiger partial charge is 0.0794 e. The summed E-state index contributed by atoms with van der Waals surface area (Å²) in [7, 11) is 0. The van der Waals surface area contributed by atoms with E-state index in [9.17, 15) is 0 Å². The number of hydrogen-bond acceptors (Lipinski definition) is 2. The summed E-state index contributed by atoms with van der Waals surface area (Å²) in [6.45, 7) is 4.25. The highest BCUT2D eigenvalue weighted by Gasteiger charge is 1.97. The highest BCUT2D eigenvalue weighted by atomic mass is 32.1. The van der Waals surface area contributed by atoms with Crippen LogP contribution in [0.2, 0.25) is 0 Å². The molecule has 0 amide bonds. The Labute approximate surface area is 59.8 Å². The van der Waals surface area contributed by atoms with Crippen molar-refractivity contribution in [2.45, 2.75) is 20.3 Å². The first-order valence-electron chi connectivity index (χ1n) is 2.95. The van der Waals surface area contributed by atoms with Crippen molar-refractivity contribution in [3.05, 3.63) is 22.5 Å². The van der Waals surface area contributed by atoms with Gasteiger partial charge in [0.1, 0.15) is 0 Å². The summed E-state index contributed by atoms with van der Waals surface area (Å²) in [6.07, 6.45) is 1.03. The predicted molar refractivity (Wildman–Crippen MR) is 40.4 cm³/mol. The average Bonchev–Trinajstić information content (AvgIpc) is 2.15. The van der Waals surface area contributed by atoms with Gasteiger partial charge in [0.25, 0.3) is 0 Å². The van der Waals surface area contributed by atoms with E-state index in [1.54, 1.807) is 11.3 Å². The van der Waals surface area contributed by atoms with E-state index in [-0.39, 0.29) is 0 Å². The quantitative estimate of drug-likeness (QED) is 0.614. The van der Waals surface area contributed by atoms with E-state index in [1.165, 1.54) is 11.6 Å². The van der Waals surface area contributed by atoms with Gasteiger partial charge in [0.2, 0.25) is 0 Å². The maximum absolute atomic E-state index is 4.15. The third kappa shape index (κ3) is 2.14. The molecule has 1 nitrogen and oxygen atoms in total. The van der Waals surface area contributed by atoms with E-state index in [1.807, 2.05) is 5.51 Å². The minimum atomic E-state index is 1.03. The van der Waals surface area contributed by atoms with E-state index in [0.29, 0.717) is 0 Å². The molecule has 0 spiro atoms. The molecule has 0 unspecified atom stereocenters. The molecule has 0 bridgehead atoms. The molecule has 0 saturated heterocycles. The van der Waals surface area contributed by atoms with Crippen molar-refractivity contribution in [3.63, 3.8) is 0 Å². The summed E-state index contributed by atoms with van der Waals surface area (Å²) in [4.78, 5) is 4.15. The number of thiazole rings is 1. The highest BCUT2D eigenvalue weighted by molar-refractivity contribution is 7.07. The summed E-state index contributed by atoms with van der Waals surface area (Å²) in [5.74, 6) is 1.42. The van der Waals surface area contributed by atoms with Crippen molar-refractivity contribution in [1.29, 1.82) is 0 Å². The lowest BCUT2D eigenvalue weighted by atomic mass is 10.1. The Bertz CT molecular complexity index is 155. The summed E-state index contributed by atoms with van der Waals surface area (Å²) in [5, 5.41) is 2.09. The fraction of sp³-hybridized carbons (Fsp3) is 0.429. The maximum atomic E-state index is 4.15. The molecule has 0 N–H and O–H groups in total. The lowest BCUT2D eigenvalue weighted by Crippen LogP contribution is -1.90. The first-order chi connectivity index (χ1) is 4.29. The van der Waals surface area contributed by atoms with Gasteiger partial charge < -0.3 is 0 Å². The summed E-state index contributed by atoms with van der Waals surface area (Å²) >= 11 is 1.66. The van der Waals surface area contributed by atoms with E-state index in [4.69, 9.17) is 0 Å². The zero-order chi connectivity index (χ0) is 6.69. The number of rotatable bonds is 2. The summed E-state index contributed by atoms with van der Waals surface area (Å²) in [5.41, 5.74) is 3.07.